The second-order valence-electron chi connectivity index (χ2n) is 7.62. The molecule has 0 saturated carbocycles. The number of rotatable bonds is 11. The van der Waals surface area contributed by atoms with Crippen molar-refractivity contribution in [3.8, 4) is 0 Å². The third-order valence-corrected chi connectivity index (χ3v) is 5.56. The van der Waals surface area contributed by atoms with Crippen LogP contribution in [0.4, 0.5) is 0 Å². The maximum atomic E-state index is 10.4. The molecule has 0 aliphatic rings. The van der Waals surface area contributed by atoms with Gasteiger partial charge in [-0.25, -0.2) is 0 Å². The first-order valence-electron chi connectivity index (χ1n) is 11.5. The molecule has 1 N–H and O–H groups in total. The van der Waals surface area contributed by atoms with Crippen LogP contribution >= 0.6 is 0 Å². The molecule has 2 aromatic rings. The van der Waals surface area contributed by atoms with Crippen molar-refractivity contribution in [1.29, 1.82) is 0 Å². The molecule has 2 rings (SSSR count). The zero-order valence-electron chi connectivity index (χ0n) is 19.2. The summed E-state index contributed by atoms with van der Waals surface area (Å²) in [5, 5.41) is 0. The second kappa shape index (κ2) is 19.3. The Morgan fingerprint density at radius 2 is 0.933 bits per heavy atom. The van der Waals surface area contributed by atoms with Crippen molar-refractivity contribution in [2.45, 2.75) is 96.3 Å². The highest BCUT2D eigenvalue weighted by Crippen LogP contribution is 2.10. The molecular formula is C26H42O3S. The largest absolute Gasteiger partial charge is 0.294 e. The molecular weight excluding hydrogens is 392 g/mol. The Morgan fingerprint density at radius 3 is 1.17 bits per heavy atom. The Hall–Kier alpha value is -1.65. The summed E-state index contributed by atoms with van der Waals surface area (Å²) in [6.45, 7) is 6.65. The summed E-state index contributed by atoms with van der Waals surface area (Å²) in [6.07, 6.45) is 15.9. The van der Waals surface area contributed by atoms with Crippen molar-refractivity contribution in [2.24, 2.45) is 0 Å². The van der Waals surface area contributed by atoms with E-state index < -0.39 is 10.1 Å². The van der Waals surface area contributed by atoms with E-state index in [1.54, 1.807) is 18.2 Å². The molecule has 170 valence electrons. The molecule has 0 heterocycles. The number of benzene rings is 2. The van der Waals surface area contributed by atoms with Gasteiger partial charge in [0.2, 0.25) is 0 Å². The molecule has 0 fully saturated rings. The van der Waals surface area contributed by atoms with Crippen LogP contribution in [0.1, 0.15) is 90.0 Å². The molecule has 2 aromatic carbocycles. The van der Waals surface area contributed by atoms with E-state index in [4.69, 9.17) is 4.55 Å². The fourth-order valence-corrected chi connectivity index (χ4v) is 3.37. The van der Waals surface area contributed by atoms with E-state index in [-0.39, 0.29) is 4.90 Å². The van der Waals surface area contributed by atoms with E-state index in [0.717, 1.165) is 0 Å². The van der Waals surface area contributed by atoms with Crippen LogP contribution < -0.4 is 0 Å². The fraction of sp³-hybridized carbons (Fsp3) is 0.538. The molecule has 0 saturated heterocycles. The molecule has 30 heavy (non-hydrogen) atoms. The van der Waals surface area contributed by atoms with E-state index in [2.05, 4.69) is 32.9 Å². The number of hydrogen-bond acceptors (Lipinski definition) is 2. The normalized spacial score (nSPS) is 10.4. The van der Waals surface area contributed by atoms with Gasteiger partial charge >= 0.3 is 0 Å². The van der Waals surface area contributed by atoms with Gasteiger partial charge in [0.1, 0.15) is 0 Å². The number of aryl methyl sites for hydroxylation is 1. The zero-order chi connectivity index (χ0) is 22.5. The molecule has 0 unspecified atom stereocenters. The molecule has 0 radical (unpaired) electrons. The first kappa shape index (κ1) is 28.4. The van der Waals surface area contributed by atoms with Gasteiger partial charge in [-0.3, -0.25) is 4.55 Å². The highest BCUT2D eigenvalue weighted by Gasteiger charge is 2.05. The summed E-state index contributed by atoms with van der Waals surface area (Å²) in [5.74, 6) is 0. The van der Waals surface area contributed by atoms with Crippen molar-refractivity contribution in [3.05, 3.63) is 66.2 Å². The maximum Gasteiger partial charge on any atom is 0.294 e. The van der Waals surface area contributed by atoms with Crippen LogP contribution in [0.5, 0.6) is 0 Å². The highest BCUT2D eigenvalue weighted by atomic mass is 32.2. The van der Waals surface area contributed by atoms with Gasteiger partial charge in [0.05, 0.1) is 4.90 Å². The van der Waals surface area contributed by atoms with E-state index in [9.17, 15) is 8.42 Å². The average Bonchev–Trinajstić information content (AvgIpc) is 2.74. The van der Waals surface area contributed by atoms with Crippen molar-refractivity contribution >= 4 is 10.1 Å². The fourth-order valence-electron chi connectivity index (χ4n) is 2.86. The number of hydrogen-bond donors (Lipinski definition) is 1. The molecule has 0 aliphatic carbocycles. The van der Waals surface area contributed by atoms with Crippen LogP contribution in [-0.4, -0.2) is 13.0 Å². The maximum absolute atomic E-state index is 10.4. The standard InChI is InChI=1S/C13H28.C7H8.C6H6O3S/c1-3-5-7-9-11-13-12-10-8-6-4-2;1-7-5-3-2-4-6-7;7-10(8,9)6-4-2-1-3-5-6/h3-13H2,1-2H3;2-6H,1H3;1-5H,(H,7,8,9). The van der Waals surface area contributed by atoms with Gasteiger partial charge in [-0.05, 0) is 19.1 Å². The van der Waals surface area contributed by atoms with Crippen molar-refractivity contribution in [3.63, 3.8) is 0 Å². The van der Waals surface area contributed by atoms with Crippen molar-refractivity contribution < 1.29 is 13.0 Å². The summed E-state index contributed by atoms with van der Waals surface area (Å²) in [5.41, 5.74) is 1.32. The van der Waals surface area contributed by atoms with E-state index in [0.29, 0.717) is 0 Å². The average molecular weight is 435 g/mol. The summed E-state index contributed by atoms with van der Waals surface area (Å²) in [4.78, 5) is -0.0741. The lowest BCUT2D eigenvalue weighted by molar-refractivity contribution is 0.483. The molecule has 0 spiro atoms. The molecule has 3 nitrogen and oxygen atoms in total. The van der Waals surface area contributed by atoms with Gasteiger partial charge in [0, 0.05) is 0 Å². The lowest BCUT2D eigenvalue weighted by atomic mass is 10.1. The summed E-state index contributed by atoms with van der Waals surface area (Å²) in [6, 6.07) is 17.7. The van der Waals surface area contributed by atoms with Crippen molar-refractivity contribution in [2.75, 3.05) is 0 Å². The SMILES string of the molecule is CCCCCCCCCCCCC.Cc1ccccc1.O=S(=O)(O)c1ccccc1. The predicted molar refractivity (Wildman–Crippen MR) is 130 cm³/mol. The lowest BCUT2D eigenvalue weighted by Gasteiger charge is -2.00. The van der Waals surface area contributed by atoms with Crippen LogP contribution in [0.3, 0.4) is 0 Å². The zero-order valence-corrected chi connectivity index (χ0v) is 20.0. The summed E-state index contributed by atoms with van der Waals surface area (Å²) >= 11 is 0. The van der Waals surface area contributed by atoms with E-state index in [1.165, 1.54) is 88.3 Å². The Labute approximate surface area is 185 Å². The van der Waals surface area contributed by atoms with Gasteiger partial charge in [0.25, 0.3) is 10.1 Å². The van der Waals surface area contributed by atoms with Crippen LogP contribution in [0.2, 0.25) is 0 Å². The number of unbranched alkanes of at least 4 members (excludes halogenated alkanes) is 10. The first-order valence-corrected chi connectivity index (χ1v) is 12.9. The van der Waals surface area contributed by atoms with Gasteiger partial charge < -0.3 is 0 Å². The minimum atomic E-state index is -4.00. The smallest absolute Gasteiger partial charge is 0.282 e. The van der Waals surface area contributed by atoms with Crippen LogP contribution in [0.15, 0.2) is 65.6 Å². The minimum Gasteiger partial charge on any atom is -0.282 e. The monoisotopic (exact) mass is 434 g/mol. The molecule has 0 atom stereocenters. The summed E-state index contributed by atoms with van der Waals surface area (Å²) < 4.78 is 29.2. The van der Waals surface area contributed by atoms with Gasteiger partial charge in [-0.15, -0.1) is 0 Å². The minimum absolute atomic E-state index is 0.0741. The van der Waals surface area contributed by atoms with Crippen LogP contribution in [-0.2, 0) is 10.1 Å². The van der Waals surface area contributed by atoms with E-state index in [1.807, 2.05) is 18.2 Å². The van der Waals surface area contributed by atoms with Crippen LogP contribution in [0.25, 0.3) is 0 Å². The second-order valence-corrected chi connectivity index (χ2v) is 9.05. The third-order valence-electron chi connectivity index (χ3n) is 4.69. The van der Waals surface area contributed by atoms with Crippen LogP contribution in [0, 0.1) is 6.92 Å². The molecule has 0 aliphatic heterocycles. The Bertz CT molecular complexity index is 688. The Morgan fingerprint density at radius 1 is 0.600 bits per heavy atom. The molecule has 0 amide bonds. The molecule has 4 heteroatoms. The van der Waals surface area contributed by atoms with Gasteiger partial charge in [0.15, 0.2) is 0 Å². The van der Waals surface area contributed by atoms with E-state index >= 15 is 0 Å². The van der Waals surface area contributed by atoms with Gasteiger partial charge in [-0.2, -0.15) is 8.42 Å². The highest BCUT2D eigenvalue weighted by molar-refractivity contribution is 7.85. The predicted octanol–water partition coefficient (Wildman–Crippen LogP) is 8.25. The lowest BCUT2D eigenvalue weighted by Crippen LogP contribution is -1.96. The molecule has 0 aromatic heterocycles. The molecule has 0 bridgehead atoms. The summed E-state index contributed by atoms with van der Waals surface area (Å²) in [7, 11) is -4.00. The quantitative estimate of drug-likeness (QED) is 0.286. The van der Waals surface area contributed by atoms with Crippen molar-refractivity contribution in [1.82, 2.24) is 0 Å². The third kappa shape index (κ3) is 18.4. The van der Waals surface area contributed by atoms with Gasteiger partial charge in [-0.1, -0.05) is 139 Å². The first-order chi connectivity index (χ1) is 14.4. The Balaban J connectivity index is 0.000000438. The topological polar surface area (TPSA) is 54.4 Å². The Kier molecular flexibility index (Phi) is 18.3.